The van der Waals surface area contributed by atoms with Gasteiger partial charge in [-0.15, -0.1) is 0 Å². The topological polar surface area (TPSA) is 49.4 Å². The van der Waals surface area contributed by atoms with E-state index in [2.05, 4.69) is 5.32 Å². The quantitative estimate of drug-likeness (QED) is 0.779. The molecule has 1 fully saturated rings. The number of benzene rings is 1. The summed E-state index contributed by atoms with van der Waals surface area (Å²) in [6.45, 7) is 0.885. The molecule has 1 heterocycles. The van der Waals surface area contributed by atoms with Gasteiger partial charge in [0.15, 0.2) is 0 Å². The summed E-state index contributed by atoms with van der Waals surface area (Å²) in [4.78, 5) is 25.7. The van der Waals surface area contributed by atoms with Crippen LogP contribution in [0.25, 0.3) is 0 Å². The van der Waals surface area contributed by atoms with Crippen molar-refractivity contribution >= 4 is 23.6 Å². The molecule has 0 saturated carbocycles. The van der Waals surface area contributed by atoms with E-state index < -0.39 is 11.7 Å². The van der Waals surface area contributed by atoms with Crippen molar-refractivity contribution in [2.24, 2.45) is 5.92 Å². The smallest absolute Gasteiger partial charge is 0.355 e. The zero-order valence-electron chi connectivity index (χ0n) is 13.9. The molecule has 0 unspecified atom stereocenters. The van der Waals surface area contributed by atoms with E-state index in [0.717, 1.165) is 17.9 Å². The summed E-state index contributed by atoms with van der Waals surface area (Å²) in [6.07, 6.45) is -1.76. The summed E-state index contributed by atoms with van der Waals surface area (Å²) in [5.74, 6) is 0.261. The van der Waals surface area contributed by atoms with Crippen molar-refractivity contribution in [1.29, 1.82) is 0 Å². The van der Waals surface area contributed by atoms with E-state index in [4.69, 9.17) is 0 Å². The number of likely N-dealkylation sites (tertiary alicyclic amines) is 1. The third kappa shape index (κ3) is 5.66. The molecule has 138 valence electrons. The van der Waals surface area contributed by atoms with Crippen molar-refractivity contribution in [3.8, 4) is 0 Å². The number of hydrogen-bond donors (Lipinski definition) is 1. The van der Waals surface area contributed by atoms with E-state index in [1.165, 1.54) is 11.0 Å². The monoisotopic (exact) mass is 374 g/mol. The molecule has 0 aromatic heterocycles. The zero-order valence-corrected chi connectivity index (χ0v) is 14.8. The number of rotatable bonds is 6. The molecule has 0 bridgehead atoms. The lowest BCUT2D eigenvalue weighted by Gasteiger charge is -2.32. The summed E-state index contributed by atoms with van der Waals surface area (Å²) < 4.78 is 38.4. The van der Waals surface area contributed by atoms with Gasteiger partial charge in [0, 0.05) is 31.8 Å². The lowest BCUT2D eigenvalue weighted by molar-refractivity contribution is -0.138. The Hall–Kier alpha value is -1.70. The fraction of sp³-hybridized carbons (Fsp3) is 0.529. The molecule has 1 aromatic carbocycles. The normalized spacial score (nSPS) is 18.3. The predicted molar refractivity (Wildman–Crippen MR) is 91.0 cm³/mol. The van der Waals surface area contributed by atoms with Gasteiger partial charge in [-0.1, -0.05) is 12.1 Å². The largest absolute Gasteiger partial charge is 0.416 e. The highest BCUT2D eigenvalue weighted by Gasteiger charge is 2.32. The van der Waals surface area contributed by atoms with Crippen LogP contribution in [0.5, 0.6) is 0 Å². The molecular formula is C17H21F3N2O2S. The summed E-state index contributed by atoms with van der Waals surface area (Å²) >= 11 is 1.63. The molecule has 1 saturated heterocycles. The minimum absolute atomic E-state index is 0.0807. The number of amides is 2. The van der Waals surface area contributed by atoms with Crippen molar-refractivity contribution in [2.75, 3.05) is 25.1 Å². The highest BCUT2D eigenvalue weighted by atomic mass is 32.2. The Morgan fingerprint density at radius 1 is 1.40 bits per heavy atom. The maximum Gasteiger partial charge on any atom is 0.416 e. The van der Waals surface area contributed by atoms with Gasteiger partial charge in [0.25, 0.3) is 0 Å². The number of halogens is 3. The molecule has 1 aliphatic rings. The van der Waals surface area contributed by atoms with Gasteiger partial charge in [-0.05, 0) is 30.4 Å². The van der Waals surface area contributed by atoms with E-state index in [0.29, 0.717) is 18.5 Å². The number of thioether (sulfide) groups is 1. The highest BCUT2D eigenvalue weighted by Crippen LogP contribution is 2.30. The Kier molecular flexibility index (Phi) is 6.75. The van der Waals surface area contributed by atoms with Crippen molar-refractivity contribution in [3.63, 3.8) is 0 Å². The Morgan fingerprint density at radius 3 is 2.84 bits per heavy atom. The van der Waals surface area contributed by atoms with Crippen LogP contribution in [0.3, 0.4) is 0 Å². The van der Waals surface area contributed by atoms with Crippen LogP contribution >= 0.6 is 11.8 Å². The Morgan fingerprint density at radius 2 is 2.16 bits per heavy atom. The first kappa shape index (κ1) is 19.6. The number of carbonyl (C=O) groups is 2. The lowest BCUT2D eigenvalue weighted by atomic mass is 9.96. The van der Waals surface area contributed by atoms with Crippen LogP contribution in [0.1, 0.15) is 24.0 Å². The van der Waals surface area contributed by atoms with E-state index in [9.17, 15) is 22.8 Å². The molecule has 0 aliphatic carbocycles. The molecule has 2 rings (SSSR count). The van der Waals surface area contributed by atoms with Gasteiger partial charge in [0.1, 0.15) is 0 Å². The van der Waals surface area contributed by atoms with Crippen molar-refractivity contribution in [3.05, 3.63) is 35.4 Å². The van der Waals surface area contributed by atoms with E-state index in [1.54, 1.807) is 17.8 Å². The molecular weight excluding hydrogens is 353 g/mol. The first-order valence-electron chi connectivity index (χ1n) is 8.02. The Labute approximate surface area is 149 Å². The van der Waals surface area contributed by atoms with Crippen molar-refractivity contribution in [2.45, 2.75) is 25.6 Å². The number of alkyl halides is 3. The molecule has 1 aromatic rings. The molecule has 0 radical (unpaired) electrons. The number of nitrogens with zero attached hydrogens (tertiary/aromatic N) is 1. The third-order valence-corrected chi connectivity index (χ3v) is 4.72. The fourth-order valence-electron chi connectivity index (χ4n) is 2.77. The van der Waals surface area contributed by atoms with Crippen LogP contribution in [0, 0.1) is 5.92 Å². The van der Waals surface area contributed by atoms with Gasteiger partial charge >= 0.3 is 6.18 Å². The first-order valence-corrected chi connectivity index (χ1v) is 9.41. The highest BCUT2D eigenvalue weighted by molar-refractivity contribution is 7.98. The van der Waals surface area contributed by atoms with Crippen LogP contribution < -0.4 is 5.32 Å². The van der Waals surface area contributed by atoms with Crippen LogP contribution in [0.2, 0.25) is 0 Å². The second-order valence-electron chi connectivity index (χ2n) is 5.99. The van der Waals surface area contributed by atoms with Crippen LogP contribution in [0.4, 0.5) is 13.2 Å². The van der Waals surface area contributed by atoms with Gasteiger partial charge in [0.2, 0.25) is 11.8 Å². The van der Waals surface area contributed by atoms with Gasteiger partial charge in [-0.2, -0.15) is 24.9 Å². The molecule has 1 N–H and O–H groups in total. The van der Waals surface area contributed by atoms with Gasteiger partial charge < -0.3 is 10.2 Å². The molecule has 0 spiro atoms. The molecule has 2 amide bonds. The lowest BCUT2D eigenvalue weighted by Crippen LogP contribution is -2.45. The van der Waals surface area contributed by atoms with E-state index in [1.807, 2.05) is 6.26 Å². The summed E-state index contributed by atoms with van der Waals surface area (Å²) in [6, 6.07) is 4.95. The molecule has 25 heavy (non-hydrogen) atoms. The van der Waals surface area contributed by atoms with Crippen LogP contribution in [-0.4, -0.2) is 41.8 Å². The van der Waals surface area contributed by atoms with E-state index in [-0.39, 0.29) is 37.2 Å². The standard InChI is InChI=1S/C17H21F3N2O2S/c1-25-8-7-21-16(24)13-5-6-15(23)22(11-13)10-12-3-2-4-14(9-12)17(18,19)20/h2-4,9,13H,5-8,10-11H2,1H3,(H,21,24)/t13-/m0/s1. The van der Waals surface area contributed by atoms with Crippen molar-refractivity contribution in [1.82, 2.24) is 10.2 Å². The number of carbonyl (C=O) groups excluding carboxylic acids is 2. The number of piperidine rings is 1. The van der Waals surface area contributed by atoms with Gasteiger partial charge in [0.05, 0.1) is 11.5 Å². The second-order valence-corrected chi connectivity index (χ2v) is 6.98. The Balaban J connectivity index is 2.00. The molecule has 1 aliphatic heterocycles. The zero-order chi connectivity index (χ0) is 18.4. The molecule has 4 nitrogen and oxygen atoms in total. The first-order chi connectivity index (χ1) is 11.8. The third-order valence-electron chi connectivity index (χ3n) is 4.10. The molecule has 8 heteroatoms. The Bertz CT molecular complexity index is 622. The summed E-state index contributed by atoms with van der Waals surface area (Å²) in [5.41, 5.74) is -0.326. The van der Waals surface area contributed by atoms with Crippen LogP contribution in [-0.2, 0) is 22.3 Å². The second kappa shape index (κ2) is 8.60. The van der Waals surface area contributed by atoms with Crippen LogP contribution in [0.15, 0.2) is 24.3 Å². The minimum atomic E-state index is -4.42. The average molecular weight is 374 g/mol. The van der Waals surface area contributed by atoms with E-state index >= 15 is 0 Å². The van der Waals surface area contributed by atoms with Gasteiger partial charge in [-0.3, -0.25) is 9.59 Å². The summed E-state index contributed by atoms with van der Waals surface area (Å²) in [5, 5.41) is 2.84. The maximum atomic E-state index is 12.8. The van der Waals surface area contributed by atoms with Crippen molar-refractivity contribution < 1.29 is 22.8 Å². The number of nitrogens with one attached hydrogen (secondary N) is 1. The van der Waals surface area contributed by atoms with Gasteiger partial charge in [-0.25, -0.2) is 0 Å². The predicted octanol–water partition coefficient (Wildman–Crippen LogP) is 2.92. The molecule has 1 atom stereocenters. The fourth-order valence-corrected chi connectivity index (χ4v) is 3.07. The maximum absolute atomic E-state index is 12.8. The number of hydrogen-bond acceptors (Lipinski definition) is 3. The SMILES string of the molecule is CSCCNC(=O)[C@H]1CCC(=O)N(Cc2cccc(C(F)(F)F)c2)C1. The minimum Gasteiger partial charge on any atom is -0.355 e. The summed E-state index contributed by atoms with van der Waals surface area (Å²) in [7, 11) is 0. The average Bonchev–Trinajstić information content (AvgIpc) is 2.56.